The summed E-state index contributed by atoms with van der Waals surface area (Å²) in [4.78, 5) is 0. The molecular weight excluding hydrogens is 262 g/mol. The van der Waals surface area contributed by atoms with Gasteiger partial charge in [-0.1, -0.05) is 32.9 Å². The summed E-state index contributed by atoms with van der Waals surface area (Å²) in [7, 11) is 0. The van der Waals surface area contributed by atoms with Gasteiger partial charge in [0.05, 0.1) is 6.10 Å². The average Bonchev–Trinajstić information content (AvgIpc) is 2.46. The molecule has 2 unspecified atom stereocenters. The van der Waals surface area contributed by atoms with Crippen LogP contribution >= 0.6 is 0 Å². The van der Waals surface area contributed by atoms with Crippen LogP contribution in [0, 0.1) is 5.92 Å². The molecule has 0 radical (unpaired) electrons. The zero-order valence-corrected chi connectivity index (χ0v) is 13.6. The summed E-state index contributed by atoms with van der Waals surface area (Å²) in [5, 5.41) is 13.5. The van der Waals surface area contributed by atoms with Crippen LogP contribution in [0.5, 0.6) is 5.75 Å². The van der Waals surface area contributed by atoms with Crippen LogP contribution in [0.15, 0.2) is 24.3 Å². The molecule has 1 saturated heterocycles. The molecule has 3 nitrogen and oxygen atoms in total. The second-order valence-corrected chi connectivity index (χ2v) is 7.19. The maximum absolute atomic E-state index is 10.1. The normalized spacial score (nSPS) is 21.0. The zero-order valence-electron chi connectivity index (χ0n) is 13.6. The Morgan fingerprint density at radius 2 is 2.00 bits per heavy atom. The van der Waals surface area contributed by atoms with Gasteiger partial charge in [-0.05, 0) is 61.4 Å². The summed E-state index contributed by atoms with van der Waals surface area (Å²) in [6.45, 7) is 9.12. The highest BCUT2D eigenvalue weighted by Gasteiger charge is 2.18. The predicted octanol–water partition coefficient (Wildman–Crippen LogP) is 3.11. The summed E-state index contributed by atoms with van der Waals surface area (Å²) >= 11 is 0. The fourth-order valence-corrected chi connectivity index (χ4v) is 2.82. The predicted molar refractivity (Wildman–Crippen MR) is 86.9 cm³/mol. The van der Waals surface area contributed by atoms with Crippen LogP contribution in [0.3, 0.4) is 0 Å². The molecule has 0 saturated carbocycles. The van der Waals surface area contributed by atoms with E-state index in [2.05, 4.69) is 38.2 Å². The number of ether oxygens (including phenoxy) is 1. The molecule has 1 aromatic rings. The summed E-state index contributed by atoms with van der Waals surface area (Å²) in [6.07, 6.45) is 2.88. The smallest absolute Gasteiger partial charge is 0.119 e. The van der Waals surface area contributed by atoms with Crippen molar-refractivity contribution in [2.45, 2.75) is 51.6 Å². The van der Waals surface area contributed by atoms with E-state index in [1.807, 2.05) is 12.1 Å². The van der Waals surface area contributed by atoms with Crippen molar-refractivity contribution in [2.75, 3.05) is 19.7 Å². The number of hydrogen-bond donors (Lipinski definition) is 2. The Morgan fingerprint density at radius 3 is 2.57 bits per heavy atom. The molecule has 2 atom stereocenters. The van der Waals surface area contributed by atoms with Gasteiger partial charge in [-0.3, -0.25) is 0 Å². The van der Waals surface area contributed by atoms with Gasteiger partial charge in [0.2, 0.25) is 0 Å². The summed E-state index contributed by atoms with van der Waals surface area (Å²) in [5.41, 5.74) is 1.45. The second-order valence-electron chi connectivity index (χ2n) is 7.19. The first-order valence-corrected chi connectivity index (χ1v) is 8.07. The second kappa shape index (κ2) is 7.28. The first-order valence-electron chi connectivity index (χ1n) is 8.07. The van der Waals surface area contributed by atoms with Crippen LogP contribution in [0.4, 0.5) is 0 Å². The Labute approximate surface area is 128 Å². The third kappa shape index (κ3) is 5.33. The number of aliphatic hydroxyl groups excluding tert-OH is 1. The molecule has 118 valence electrons. The lowest BCUT2D eigenvalue weighted by Crippen LogP contribution is -2.33. The first kappa shape index (κ1) is 16.3. The van der Waals surface area contributed by atoms with E-state index in [-0.39, 0.29) is 11.5 Å². The van der Waals surface area contributed by atoms with Gasteiger partial charge in [0.1, 0.15) is 12.4 Å². The third-order valence-electron chi connectivity index (χ3n) is 4.17. The van der Waals surface area contributed by atoms with Crippen molar-refractivity contribution in [3.63, 3.8) is 0 Å². The van der Waals surface area contributed by atoms with Gasteiger partial charge >= 0.3 is 0 Å². The Bertz CT molecular complexity index is 416. The van der Waals surface area contributed by atoms with E-state index in [0.717, 1.165) is 25.3 Å². The molecule has 1 fully saturated rings. The minimum Gasteiger partial charge on any atom is -0.491 e. The minimum absolute atomic E-state index is 0.159. The van der Waals surface area contributed by atoms with Crippen molar-refractivity contribution in [2.24, 2.45) is 5.92 Å². The van der Waals surface area contributed by atoms with Gasteiger partial charge in [-0.2, -0.15) is 0 Å². The van der Waals surface area contributed by atoms with Crippen molar-refractivity contribution < 1.29 is 9.84 Å². The molecule has 3 heteroatoms. The van der Waals surface area contributed by atoms with Gasteiger partial charge in [0, 0.05) is 0 Å². The van der Waals surface area contributed by atoms with Crippen molar-refractivity contribution in [3.05, 3.63) is 29.8 Å². The number of benzene rings is 1. The molecule has 1 aromatic carbocycles. The Morgan fingerprint density at radius 1 is 1.29 bits per heavy atom. The molecule has 0 aromatic heterocycles. The standard InChI is InChI=1S/C18H29NO2/c1-18(2,3)15-6-8-17(9-7-15)21-13-16(20)11-14-5-4-10-19-12-14/h6-9,14,16,19-20H,4-5,10-13H2,1-3H3. The van der Waals surface area contributed by atoms with Crippen molar-refractivity contribution in [1.29, 1.82) is 0 Å². The first-order chi connectivity index (χ1) is 9.95. The number of aliphatic hydroxyl groups is 1. The van der Waals surface area contributed by atoms with Crippen LogP contribution in [0.25, 0.3) is 0 Å². The van der Waals surface area contributed by atoms with Gasteiger partial charge in [-0.15, -0.1) is 0 Å². The largest absolute Gasteiger partial charge is 0.491 e. The zero-order chi connectivity index (χ0) is 15.3. The van der Waals surface area contributed by atoms with E-state index in [0.29, 0.717) is 12.5 Å². The van der Waals surface area contributed by atoms with Crippen LogP contribution in [0.2, 0.25) is 0 Å². The molecule has 0 aliphatic carbocycles. The van der Waals surface area contributed by atoms with Gasteiger partial charge in [0.25, 0.3) is 0 Å². The molecular formula is C18H29NO2. The molecule has 1 heterocycles. The average molecular weight is 291 g/mol. The molecule has 0 bridgehead atoms. The monoisotopic (exact) mass is 291 g/mol. The van der Waals surface area contributed by atoms with Gasteiger partial charge in [-0.25, -0.2) is 0 Å². The van der Waals surface area contributed by atoms with E-state index in [4.69, 9.17) is 4.74 Å². The number of piperidine rings is 1. The fraction of sp³-hybridized carbons (Fsp3) is 0.667. The fourth-order valence-electron chi connectivity index (χ4n) is 2.82. The molecule has 0 amide bonds. The van der Waals surface area contributed by atoms with Crippen LogP contribution in [-0.2, 0) is 5.41 Å². The Balaban J connectivity index is 1.76. The molecule has 21 heavy (non-hydrogen) atoms. The maximum Gasteiger partial charge on any atom is 0.119 e. The summed E-state index contributed by atoms with van der Waals surface area (Å²) < 4.78 is 5.71. The number of hydrogen-bond acceptors (Lipinski definition) is 3. The van der Waals surface area contributed by atoms with E-state index in [9.17, 15) is 5.11 Å². The van der Waals surface area contributed by atoms with Crippen molar-refractivity contribution in [1.82, 2.24) is 5.32 Å². The molecule has 2 N–H and O–H groups in total. The third-order valence-corrected chi connectivity index (χ3v) is 4.17. The molecule has 1 aliphatic heterocycles. The lowest BCUT2D eigenvalue weighted by molar-refractivity contribution is 0.0804. The Kier molecular flexibility index (Phi) is 5.65. The van der Waals surface area contributed by atoms with Crippen molar-refractivity contribution in [3.8, 4) is 5.75 Å². The molecule has 1 aliphatic rings. The minimum atomic E-state index is -0.378. The lowest BCUT2D eigenvalue weighted by Gasteiger charge is -2.25. The van der Waals surface area contributed by atoms with Crippen molar-refractivity contribution >= 4 is 0 Å². The SMILES string of the molecule is CC(C)(C)c1ccc(OCC(O)CC2CCCNC2)cc1. The highest BCUT2D eigenvalue weighted by Crippen LogP contribution is 2.24. The van der Waals surface area contributed by atoms with E-state index in [1.165, 1.54) is 18.4 Å². The molecule has 0 spiro atoms. The van der Waals surface area contributed by atoms with Gasteiger partial charge < -0.3 is 15.2 Å². The highest BCUT2D eigenvalue weighted by molar-refractivity contribution is 5.31. The lowest BCUT2D eigenvalue weighted by atomic mass is 9.87. The van der Waals surface area contributed by atoms with Crippen LogP contribution < -0.4 is 10.1 Å². The van der Waals surface area contributed by atoms with Gasteiger partial charge in [0.15, 0.2) is 0 Å². The number of nitrogens with one attached hydrogen (secondary N) is 1. The highest BCUT2D eigenvalue weighted by atomic mass is 16.5. The summed E-state index contributed by atoms with van der Waals surface area (Å²) in [5.74, 6) is 1.42. The topological polar surface area (TPSA) is 41.5 Å². The maximum atomic E-state index is 10.1. The van der Waals surface area contributed by atoms with Crippen LogP contribution in [-0.4, -0.2) is 30.9 Å². The van der Waals surface area contributed by atoms with E-state index in [1.54, 1.807) is 0 Å². The Hall–Kier alpha value is -1.06. The van der Waals surface area contributed by atoms with E-state index < -0.39 is 0 Å². The van der Waals surface area contributed by atoms with Crippen LogP contribution in [0.1, 0.15) is 45.6 Å². The number of rotatable bonds is 5. The quantitative estimate of drug-likeness (QED) is 0.876. The van der Waals surface area contributed by atoms with E-state index >= 15 is 0 Å². The summed E-state index contributed by atoms with van der Waals surface area (Å²) in [6, 6.07) is 8.20. The molecule has 2 rings (SSSR count).